The maximum Gasteiger partial charge on any atom is 0.407 e. The van der Waals surface area contributed by atoms with Gasteiger partial charge in [-0.05, 0) is 34.4 Å². The van der Waals surface area contributed by atoms with Crippen LogP contribution in [-0.4, -0.2) is 40.9 Å². The highest BCUT2D eigenvalue weighted by Gasteiger charge is 2.29. The molecule has 8 nitrogen and oxygen atoms in total. The van der Waals surface area contributed by atoms with E-state index in [0.717, 1.165) is 29.2 Å². The molecule has 0 fully saturated rings. The molecule has 0 bridgehead atoms. The number of carboxylic acid groups (broad SMARTS) is 2. The summed E-state index contributed by atoms with van der Waals surface area (Å²) in [4.78, 5) is 32.7. The Morgan fingerprint density at radius 1 is 0.969 bits per heavy atom. The predicted molar refractivity (Wildman–Crippen MR) is 115 cm³/mol. The van der Waals surface area contributed by atoms with Gasteiger partial charge in [0.2, 0.25) is 0 Å². The highest BCUT2D eigenvalue weighted by molar-refractivity contribution is 5.81. The van der Waals surface area contributed by atoms with Gasteiger partial charge in [0.05, 0.1) is 6.26 Å². The fourth-order valence-corrected chi connectivity index (χ4v) is 3.61. The van der Waals surface area contributed by atoms with E-state index in [1.165, 1.54) is 6.26 Å². The number of amides is 1. The minimum Gasteiger partial charge on any atom is -0.481 e. The van der Waals surface area contributed by atoms with E-state index in [-0.39, 0.29) is 18.9 Å². The molecule has 0 radical (unpaired) electrons. The molecule has 1 aliphatic rings. The van der Waals surface area contributed by atoms with Crippen LogP contribution in [0.15, 0.2) is 71.3 Å². The zero-order valence-electron chi connectivity index (χ0n) is 17.4. The molecule has 3 aromatic rings. The van der Waals surface area contributed by atoms with Gasteiger partial charge in [-0.2, -0.15) is 0 Å². The zero-order valence-corrected chi connectivity index (χ0v) is 17.4. The molecule has 0 saturated carbocycles. The van der Waals surface area contributed by atoms with Crippen molar-refractivity contribution in [2.24, 2.45) is 0 Å². The molecule has 1 aliphatic carbocycles. The SMILES string of the molecule is CC(=O)O.O=C(NC(Cc1ccco1)C(=O)O)OCC1c2ccccc2-c2ccccc21. The van der Waals surface area contributed by atoms with Crippen molar-refractivity contribution in [3.8, 4) is 11.1 Å². The third-order valence-corrected chi connectivity index (χ3v) is 4.92. The predicted octanol–water partition coefficient (Wildman–Crippen LogP) is 3.90. The number of fused-ring (bicyclic) bond motifs is 3. The van der Waals surface area contributed by atoms with E-state index in [1.807, 2.05) is 36.4 Å². The van der Waals surface area contributed by atoms with Gasteiger partial charge in [-0.3, -0.25) is 4.79 Å². The first-order chi connectivity index (χ1) is 15.4. The molecule has 1 unspecified atom stereocenters. The molecule has 1 aromatic heterocycles. The molecule has 2 aromatic carbocycles. The summed E-state index contributed by atoms with van der Waals surface area (Å²) in [5.41, 5.74) is 4.46. The fourth-order valence-electron chi connectivity index (χ4n) is 3.61. The average Bonchev–Trinajstić information content (AvgIpc) is 3.37. The highest BCUT2D eigenvalue weighted by Crippen LogP contribution is 2.44. The Kier molecular flexibility index (Phi) is 7.28. The van der Waals surface area contributed by atoms with Gasteiger partial charge in [0.1, 0.15) is 18.4 Å². The number of nitrogens with one attached hydrogen (secondary N) is 1. The molecule has 0 saturated heterocycles. The van der Waals surface area contributed by atoms with Gasteiger partial charge >= 0.3 is 12.1 Å². The lowest BCUT2D eigenvalue weighted by Crippen LogP contribution is -2.42. The molecule has 8 heteroatoms. The normalized spacial score (nSPS) is 12.5. The van der Waals surface area contributed by atoms with Crippen molar-refractivity contribution in [1.82, 2.24) is 5.32 Å². The number of benzene rings is 2. The van der Waals surface area contributed by atoms with Crippen LogP contribution in [0.5, 0.6) is 0 Å². The van der Waals surface area contributed by atoms with Gasteiger partial charge in [-0.25, -0.2) is 9.59 Å². The number of carboxylic acids is 2. The monoisotopic (exact) mass is 437 g/mol. The first-order valence-electron chi connectivity index (χ1n) is 9.93. The van der Waals surface area contributed by atoms with Crippen LogP contribution >= 0.6 is 0 Å². The lowest BCUT2D eigenvalue weighted by Gasteiger charge is -2.17. The Bertz CT molecular complexity index is 1040. The van der Waals surface area contributed by atoms with Gasteiger partial charge in [-0.15, -0.1) is 0 Å². The van der Waals surface area contributed by atoms with Crippen molar-refractivity contribution in [3.63, 3.8) is 0 Å². The maximum absolute atomic E-state index is 12.2. The lowest BCUT2D eigenvalue weighted by atomic mass is 9.98. The first kappa shape index (κ1) is 22.6. The Labute approximate surface area is 184 Å². The van der Waals surface area contributed by atoms with Crippen molar-refractivity contribution in [2.75, 3.05) is 6.61 Å². The molecule has 166 valence electrons. The number of rotatable bonds is 6. The summed E-state index contributed by atoms with van der Waals surface area (Å²) in [6, 6.07) is 18.3. The van der Waals surface area contributed by atoms with E-state index in [9.17, 15) is 14.7 Å². The average molecular weight is 437 g/mol. The summed E-state index contributed by atoms with van der Waals surface area (Å²) in [6.45, 7) is 1.22. The number of alkyl carbamates (subject to hydrolysis) is 1. The molecule has 1 atom stereocenters. The van der Waals surface area contributed by atoms with Gasteiger partial charge in [0, 0.05) is 19.3 Å². The minimum atomic E-state index is -1.15. The van der Waals surface area contributed by atoms with Crippen molar-refractivity contribution >= 4 is 18.0 Å². The molecule has 32 heavy (non-hydrogen) atoms. The first-order valence-corrected chi connectivity index (χ1v) is 9.93. The number of aliphatic carboxylic acids is 2. The van der Waals surface area contributed by atoms with Crippen LogP contribution in [-0.2, 0) is 20.7 Å². The van der Waals surface area contributed by atoms with Crippen LogP contribution in [0.2, 0.25) is 0 Å². The van der Waals surface area contributed by atoms with E-state index in [0.29, 0.717) is 5.76 Å². The molecule has 0 aliphatic heterocycles. The second-order valence-electron chi connectivity index (χ2n) is 7.16. The molecule has 3 N–H and O–H groups in total. The quantitative estimate of drug-likeness (QED) is 0.534. The van der Waals surface area contributed by atoms with Crippen LogP contribution in [0.25, 0.3) is 11.1 Å². The Morgan fingerprint density at radius 2 is 1.53 bits per heavy atom. The number of carbonyl (C=O) groups excluding carboxylic acids is 1. The molecular weight excluding hydrogens is 414 g/mol. The number of furan rings is 1. The molecule has 0 spiro atoms. The van der Waals surface area contributed by atoms with E-state index in [4.69, 9.17) is 19.1 Å². The number of hydrogen-bond donors (Lipinski definition) is 3. The third-order valence-electron chi connectivity index (χ3n) is 4.92. The fraction of sp³-hybridized carbons (Fsp3) is 0.208. The largest absolute Gasteiger partial charge is 0.481 e. The van der Waals surface area contributed by atoms with Crippen LogP contribution in [0.1, 0.15) is 29.7 Å². The summed E-state index contributed by atoms with van der Waals surface area (Å²) >= 11 is 0. The Morgan fingerprint density at radius 3 is 2.03 bits per heavy atom. The van der Waals surface area contributed by atoms with Gasteiger partial charge in [-0.1, -0.05) is 48.5 Å². The molecule has 1 heterocycles. The summed E-state index contributed by atoms with van der Waals surface area (Å²) < 4.78 is 10.6. The van der Waals surface area contributed by atoms with Gasteiger partial charge < -0.3 is 24.7 Å². The zero-order chi connectivity index (χ0) is 23.1. The molecular formula is C24H23NO7. The van der Waals surface area contributed by atoms with Crippen LogP contribution in [0.3, 0.4) is 0 Å². The minimum absolute atomic E-state index is 0.0481. The van der Waals surface area contributed by atoms with Crippen molar-refractivity contribution < 1.29 is 33.8 Å². The van der Waals surface area contributed by atoms with E-state index in [1.54, 1.807) is 12.1 Å². The van der Waals surface area contributed by atoms with Crippen LogP contribution in [0, 0.1) is 0 Å². The number of carbonyl (C=O) groups is 3. The van der Waals surface area contributed by atoms with Crippen molar-refractivity contribution in [3.05, 3.63) is 83.8 Å². The van der Waals surface area contributed by atoms with Crippen LogP contribution < -0.4 is 5.32 Å². The van der Waals surface area contributed by atoms with Gasteiger partial charge in [0.15, 0.2) is 0 Å². The molecule has 1 amide bonds. The number of ether oxygens (including phenoxy) is 1. The highest BCUT2D eigenvalue weighted by atomic mass is 16.5. The summed E-state index contributed by atoms with van der Waals surface area (Å²) in [5.74, 6) is -1.58. The number of hydrogen-bond acceptors (Lipinski definition) is 5. The van der Waals surface area contributed by atoms with Crippen LogP contribution in [0.4, 0.5) is 4.79 Å². The van der Waals surface area contributed by atoms with Gasteiger partial charge in [0.25, 0.3) is 5.97 Å². The topological polar surface area (TPSA) is 126 Å². The lowest BCUT2D eigenvalue weighted by molar-refractivity contribution is -0.139. The molecule has 4 rings (SSSR count). The van der Waals surface area contributed by atoms with Crippen molar-refractivity contribution in [2.45, 2.75) is 25.3 Å². The second-order valence-corrected chi connectivity index (χ2v) is 7.16. The summed E-state index contributed by atoms with van der Waals surface area (Å²) in [6.07, 6.45) is 0.745. The summed E-state index contributed by atoms with van der Waals surface area (Å²) in [7, 11) is 0. The standard InChI is InChI=1S/C22H19NO5.C2H4O2/c24-21(25)20(12-14-6-5-11-27-14)23-22(26)28-13-19-17-9-3-1-7-15(17)16-8-2-4-10-18(16)19;1-2(3)4/h1-11,19-20H,12-13H2,(H,23,26)(H,24,25);1H3,(H,3,4). The smallest absolute Gasteiger partial charge is 0.407 e. The second kappa shape index (κ2) is 10.3. The van der Waals surface area contributed by atoms with E-state index in [2.05, 4.69) is 17.4 Å². The Hall–Kier alpha value is -4.07. The maximum atomic E-state index is 12.2. The van der Waals surface area contributed by atoms with E-state index < -0.39 is 24.1 Å². The van der Waals surface area contributed by atoms with Crippen molar-refractivity contribution in [1.29, 1.82) is 0 Å². The van der Waals surface area contributed by atoms with E-state index >= 15 is 0 Å². The third kappa shape index (κ3) is 5.54. The summed E-state index contributed by atoms with van der Waals surface area (Å²) in [5, 5.41) is 19.2. The Balaban J connectivity index is 0.000000668.